The van der Waals surface area contributed by atoms with Gasteiger partial charge >= 0.3 is 5.97 Å². The van der Waals surface area contributed by atoms with Gasteiger partial charge in [-0.2, -0.15) is 0 Å². The summed E-state index contributed by atoms with van der Waals surface area (Å²) in [4.78, 5) is 14.5. The number of benzene rings is 1. The van der Waals surface area contributed by atoms with Crippen molar-refractivity contribution in [1.82, 2.24) is 4.98 Å². The predicted octanol–water partition coefficient (Wildman–Crippen LogP) is 3.67. The molecular formula is C13H9ClFNO3. The van der Waals surface area contributed by atoms with Gasteiger partial charge in [0, 0.05) is 6.20 Å². The number of hydrogen-bond acceptors (Lipinski definition) is 3. The number of aromatic carboxylic acids is 1. The van der Waals surface area contributed by atoms with Gasteiger partial charge in [-0.05, 0) is 36.8 Å². The maximum atomic E-state index is 13.1. The monoisotopic (exact) mass is 281 g/mol. The van der Waals surface area contributed by atoms with E-state index >= 15 is 0 Å². The molecule has 98 valence electrons. The van der Waals surface area contributed by atoms with Crippen LogP contribution in [-0.4, -0.2) is 16.1 Å². The highest BCUT2D eigenvalue weighted by atomic mass is 35.5. The molecule has 0 unspecified atom stereocenters. The van der Waals surface area contributed by atoms with Crippen molar-refractivity contribution < 1.29 is 19.0 Å². The molecular weight excluding hydrogens is 273 g/mol. The molecule has 0 atom stereocenters. The van der Waals surface area contributed by atoms with Crippen LogP contribution in [0, 0.1) is 12.7 Å². The van der Waals surface area contributed by atoms with Crippen LogP contribution in [0.2, 0.25) is 5.02 Å². The summed E-state index contributed by atoms with van der Waals surface area (Å²) >= 11 is 5.87. The number of ether oxygens (including phenoxy) is 1. The van der Waals surface area contributed by atoms with Crippen LogP contribution in [0.5, 0.6) is 11.6 Å². The second kappa shape index (κ2) is 5.24. The van der Waals surface area contributed by atoms with Crippen molar-refractivity contribution in [3.05, 3.63) is 52.4 Å². The molecule has 0 spiro atoms. The van der Waals surface area contributed by atoms with Crippen LogP contribution in [0.3, 0.4) is 0 Å². The lowest BCUT2D eigenvalue weighted by Gasteiger charge is -2.07. The number of hydrogen-bond donors (Lipinski definition) is 1. The number of aryl methyl sites for hydroxylation is 1. The Morgan fingerprint density at radius 2 is 2.16 bits per heavy atom. The topological polar surface area (TPSA) is 59.4 Å². The summed E-state index contributed by atoms with van der Waals surface area (Å²) < 4.78 is 18.5. The Morgan fingerprint density at radius 1 is 1.42 bits per heavy atom. The molecule has 0 amide bonds. The average molecular weight is 282 g/mol. The predicted molar refractivity (Wildman–Crippen MR) is 67.4 cm³/mol. The molecule has 19 heavy (non-hydrogen) atoms. The fourth-order valence-electron chi connectivity index (χ4n) is 1.41. The van der Waals surface area contributed by atoms with Crippen molar-refractivity contribution in [2.24, 2.45) is 0 Å². The van der Waals surface area contributed by atoms with Crippen LogP contribution < -0.4 is 4.74 Å². The summed E-state index contributed by atoms with van der Waals surface area (Å²) in [6, 6.07) is 5.44. The van der Waals surface area contributed by atoms with E-state index < -0.39 is 5.97 Å². The molecule has 4 nitrogen and oxygen atoms in total. The van der Waals surface area contributed by atoms with Crippen LogP contribution in [0.1, 0.15) is 15.9 Å². The van der Waals surface area contributed by atoms with Crippen molar-refractivity contribution in [2.75, 3.05) is 0 Å². The minimum absolute atomic E-state index is 0.0346. The number of carboxylic acids is 1. The first kappa shape index (κ1) is 13.3. The molecule has 1 aromatic heterocycles. The van der Waals surface area contributed by atoms with Crippen LogP contribution in [0.4, 0.5) is 4.39 Å². The fourth-order valence-corrected chi connectivity index (χ4v) is 1.61. The molecule has 6 heteroatoms. The van der Waals surface area contributed by atoms with E-state index in [9.17, 15) is 9.18 Å². The van der Waals surface area contributed by atoms with E-state index in [2.05, 4.69) is 4.98 Å². The van der Waals surface area contributed by atoms with Gasteiger partial charge in [-0.1, -0.05) is 11.6 Å². The highest BCUT2D eigenvalue weighted by molar-refractivity contribution is 6.32. The molecule has 0 radical (unpaired) electrons. The Morgan fingerprint density at radius 3 is 2.74 bits per heavy atom. The summed E-state index contributed by atoms with van der Waals surface area (Å²) in [5, 5.41) is 8.85. The van der Waals surface area contributed by atoms with Gasteiger partial charge in [0.05, 0.1) is 5.56 Å². The number of rotatable bonds is 3. The zero-order valence-electron chi connectivity index (χ0n) is 9.85. The van der Waals surface area contributed by atoms with E-state index in [0.717, 1.165) is 6.20 Å². The summed E-state index contributed by atoms with van der Waals surface area (Å²) in [5.41, 5.74) is 0.392. The molecule has 1 aromatic carbocycles. The summed E-state index contributed by atoms with van der Waals surface area (Å²) in [6.07, 6.45) is 1.14. The average Bonchev–Trinajstić information content (AvgIpc) is 2.36. The van der Waals surface area contributed by atoms with Crippen LogP contribution in [0.15, 0.2) is 30.5 Å². The van der Waals surface area contributed by atoms with Gasteiger partial charge in [0.15, 0.2) is 0 Å². The third kappa shape index (κ3) is 3.00. The summed E-state index contributed by atoms with van der Waals surface area (Å²) in [7, 11) is 0. The Kier molecular flexibility index (Phi) is 3.66. The van der Waals surface area contributed by atoms with Gasteiger partial charge in [0.25, 0.3) is 0 Å². The summed E-state index contributed by atoms with van der Waals surface area (Å²) in [6.45, 7) is 1.60. The quantitative estimate of drug-likeness (QED) is 0.932. The summed E-state index contributed by atoms with van der Waals surface area (Å²) in [5.74, 6) is -1.03. The molecule has 2 rings (SSSR count). The molecule has 0 aliphatic carbocycles. The number of carbonyl (C=O) groups is 1. The molecule has 1 N–H and O–H groups in total. The van der Waals surface area contributed by atoms with E-state index in [0.29, 0.717) is 11.3 Å². The third-order valence-electron chi connectivity index (χ3n) is 2.40. The molecule has 1 heterocycles. The Labute approximate surface area is 113 Å². The van der Waals surface area contributed by atoms with Gasteiger partial charge < -0.3 is 9.84 Å². The fraction of sp³-hybridized carbons (Fsp3) is 0.0769. The zero-order valence-corrected chi connectivity index (χ0v) is 10.6. The molecule has 2 aromatic rings. The Balaban J connectivity index is 2.28. The molecule has 0 aliphatic heterocycles. The maximum absolute atomic E-state index is 13.1. The number of pyridine rings is 1. The number of carboxylic acid groups (broad SMARTS) is 1. The number of halogens is 2. The van der Waals surface area contributed by atoms with Crippen molar-refractivity contribution in [3.8, 4) is 11.6 Å². The Hall–Kier alpha value is -2.14. The van der Waals surface area contributed by atoms with Crippen molar-refractivity contribution in [3.63, 3.8) is 0 Å². The van der Waals surface area contributed by atoms with Gasteiger partial charge in [-0.25, -0.2) is 14.2 Å². The van der Waals surface area contributed by atoms with Crippen LogP contribution in [-0.2, 0) is 0 Å². The van der Waals surface area contributed by atoms with Crippen molar-refractivity contribution in [1.29, 1.82) is 0 Å². The van der Waals surface area contributed by atoms with Gasteiger partial charge in [-0.3, -0.25) is 0 Å². The second-order valence-electron chi connectivity index (χ2n) is 3.83. The molecule has 0 aliphatic rings. The standard InChI is InChI=1S/C13H9ClFNO3/c1-7-4-9(2-3-11(7)15)19-12-10(14)5-8(6-16-12)13(17)18/h2-6H,1H3,(H,17,18). The van der Waals surface area contributed by atoms with Crippen molar-refractivity contribution >= 4 is 17.6 Å². The van der Waals surface area contributed by atoms with Gasteiger partial charge in [0.1, 0.15) is 16.6 Å². The van der Waals surface area contributed by atoms with Gasteiger partial charge in [0.2, 0.25) is 5.88 Å². The molecule has 0 saturated heterocycles. The highest BCUT2D eigenvalue weighted by Crippen LogP contribution is 2.28. The second-order valence-corrected chi connectivity index (χ2v) is 4.24. The smallest absolute Gasteiger partial charge is 0.337 e. The SMILES string of the molecule is Cc1cc(Oc2ncc(C(=O)O)cc2Cl)ccc1F. The lowest BCUT2D eigenvalue weighted by molar-refractivity contribution is 0.0696. The van der Waals surface area contributed by atoms with E-state index in [1.807, 2.05) is 0 Å². The third-order valence-corrected chi connectivity index (χ3v) is 2.67. The first-order valence-electron chi connectivity index (χ1n) is 5.30. The van der Waals surface area contributed by atoms with Crippen LogP contribution >= 0.6 is 11.6 Å². The van der Waals surface area contributed by atoms with E-state index in [4.69, 9.17) is 21.4 Å². The normalized spacial score (nSPS) is 10.3. The first-order valence-corrected chi connectivity index (χ1v) is 5.68. The Bertz CT molecular complexity index is 646. The largest absolute Gasteiger partial charge is 0.478 e. The van der Waals surface area contributed by atoms with E-state index in [1.54, 1.807) is 6.92 Å². The van der Waals surface area contributed by atoms with E-state index in [1.165, 1.54) is 24.3 Å². The molecule has 0 saturated carbocycles. The molecule has 0 bridgehead atoms. The highest BCUT2D eigenvalue weighted by Gasteiger charge is 2.10. The number of aromatic nitrogens is 1. The first-order chi connectivity index (χ1) is 8.97. The zero-order chi connectivity index (χ0) is 14.0. The molecule has 0 fully saturated rings. The lowest BCUT2D eigenvalue weighted by atomic mass is 10.2. The van der Waals surface area contributed by atoms with Crippen LogP contribution in [0.25, 0.3) is 0 Å². The van der Waals surface area contributed by atoms with E-state index in [-0.39, 0.29) is 22.3 Å². The lowest BCUT2D eigenvalue weighted by Crippen LogP contribution is -1.98. The van der Waals surface area contributed by atoms with Crippen molar-refractivity contribution in [2.45, 2.75) is 6.92 Å². The minimum atomic E-state index is -1.13. The minimum Gasteiger partial charge on any atom is -0.478 e. The van der Waals surface area contributed by atoms with Gasteiger partial charge in [-0.15, -0.1) is 0 Å². The number of nitrogens with zero attached hydrogens (tertiary/aromatic N) is 1. The maximum Gasteiger partial charge on any atom is 0.337 e.